The monoisotopic (exact) mass is 361 g/mol. The number of nitrogen functional groups attached to an aromatic ring is 1. The number of benzene rings is 2. The smallest absolute Gasteiger partial charge is 0.199 e. The minimum absolute atomic E-state index is 0.0128. The van der Waals surface area contributed by atoms with E-state index in [9.17, 15) is 4.39 Å². The molecular weight excluding hydrogens is 349 g/mol. The van der Waals surface area contributed by atoms with Gasteiger partial charge >= 0.3 is 0 Å². The summed E-state index contributed by atoms with van der Waals surface area (Å²) in [7, 11) is 0. The standard InChI is InChI=1S/C16H13ClFN5O2/c17-10-6-12(21-15(19)14-16(20)23-25-22-14)13(7-11(10)18)24-8-9-4-2-1-3-5-9/h1-7H,8H2,(H2,19,21)(H2,20,23). The van der Waals surface area contributed by atoms with E-state index in [1.165, 1.54) is 6.07 Å². The van der Waals surface area contributed by atoms with Crippen molar-refractivity contribution in [3.63, 3.8) is 0 Å². The Balaban J connectivity index is 1.92. The first kappa shape index (κ1) is 16.7. The van der Waals surface area contributed by atoms with Crippen LogP contribution in [-0.2, 0) is 6.61 Å². The molecular formula is C16H13ClFN5O2. The zero-order valence-corrected chi connectivity index (χ0v) is 13.6. The molecule has 0 aliphatic heterocycles. The SMILES string of the molecule is NC(=Nc1cc(Cl)c(F)cc1OCc1ccccc1)c1nonc1N. The van der Waals surface area contributed by atoms with Crippen LogP contribution < -0.4 is 16.2 Å². The molecule has 2 aromatic carbocycles. The lowest BCUT2D eigenvalue weighted by Gasteiger charge is -2.10. The molecule has 0 saturated heterocycles. The van der Waals surface area contributed by atoms with Crippen molar-refractivity contribution in [2.75, 3.05) is 5.73 Å². The second kappa shape index (κ2) is 7.18. The molecule has 25 heavy (non-hydrogen) atoms. The van der Waals surface area contributed by atoms with E-state index >= 15 is 0 Å². The van der Waals surface area contributed by atoms with Crippen molar-refractivity contribution in [1.29, 1.82) is 0 Å². The number of amidine groups is 1. The van der Waals surface area contributed by atoms with Gasteiger partial charge in [-0.2, -0.15) is 0 Å². The first-order chi connectivity index (χ1) is 12.0. The maximum absolute atomic E-state index is 13.8. The molecule has 4 N–H and O–H groups in total. The van der Waals surface area contributed by atoms with Crippen molar-refractivity contribution in [3.05, 3.63) is 64.6 Å². The molecule has 1 heterocycles. The summed E-state index contributed by atoms with van der Waals surface area (Å²) in [6.45, 7) is 0.220. The maximum Gasteiger partial charge on any atom is 0.199 e. The summed E-state index contributed by atoms with van der Waals surface area (Å²) < 4.78 is 23.9. The molecule has 0 unspecified atom stereocenters. The molecule has 0 amide bonds. The summed E-state index contributed by atoms with van der Waals surface area (Å²) in [4.78, 5) is 4.15. The summed E-state index contributed by atoms with van der Waals surface area (Å²) in [6, 6.07) is 11.8. The molecule has 0 aliphatic rings. The van der Waals surface area contributed by atoms with E-state index in [0.717, 1.165) is 11.6 Å². The van der Waals surface area contributed by atoms with Crippen molar-refractivity contribution in [1.82, 2.24) is 10.3 Å². The maximum atomic E-state index is 13.8. The van der Waals surface area contributed by atoms with Crippen LogP contribution in [-0.4, -0.2) is 16.1 Å². The third-order valence-corrected chi connectivity index (χ3v) is 3.53. The minimum Gasteiger partial charge on any atom is -0.487 e. The van der Waals surface area contributed by atoms with E-state index in [2.05, 4.69) is 19.9 Å². The number of hydrogen-bond acceptors (Lipinski definition) is 6. The highest BCUT2D eigenvalue weighted by Crippen LogP contribution is 2.34. The summed E-state index contributed by atoms with van der Waals surface area (Å²) in [5.74, 6) is -0.541. The quantitative estimate of drug-likeness (QED) is 0.533. The number of hydrogen-bond donors (Lipinski definition) is 2. The van der Waals surface area contributed by atoms with E-state index < -0.39 is 5.82 Å². The number of nitrogens with zero attached hydrogens (tertiary/aromatic N) is 3. The average Bonchev–Trinajstić information content (AvgIpc) is 3.04. The first-order valence-corrected chi connectivity index (χ1v) is 7.50. The van der Waals surface area contributed by atoms with Crippen LogP contribution in [0.4, 0.5) is 15.9 Å². The predicted molar refractivity (Wildman–Crippen MR) is 91.3 cm³/mol. The van der Waals surface area contributed by atoms with Gasteiger partial charge in [-0.1, -0.05) is 41.9 Å². The molecule has 0 bridgehead atoms. The lowest BCUT2D eigenvalue weighted by molar-refractivity contribution is 0.305. The van der Waals surface area contributed by atoms with Gasteiger partial charge in [0.1, 0.15) is 23.9 Å². The lowest BCUT2D eigenvalue weighted by atomic mass is 10.2. The fourth-order valence-corrected chi connectivity index (χ4v) is 2.17. The van der Waals surface area contributed by atoms with E-state index in [1.54, 1.807) is 0 Å². The van der Waals surface area contributed by atoms with E-state index in [0.29, 0.717) is 0 Å². The van der Waals surface area contributed by atoms with Gasteiger partial charge in [-0.3, -0.25) is 0 Å². The van der Waals surface area contributed by atoms with Gasteiger partial charge in [0, 0.05) is 6.07 Å². The molecule has 0 atom stereocenters. The third-order valence-electron chi connectivity index (χ3n) is 3.24. The molecule has 128 valence electrons. The van der Waals surface area contributed by atoms with Gasteiger partial charge in [0.15, 0.2) is 17.3 Å². The van der Waals surface area contributed by atoms with Crippen molar-refractivity contribution in [2.45, 2.75) is 6.61 Å². The molecule has 3 aromatic rings. The molecule has 0 spiro atoms. The van der Waals surface area contributed by atoms with E-state index in [4.69, 9.17) is 27.8 Å². The number of ether oxygens (including phenoxy) is 1. The van der Waals surface area contributed by atoms with Crippen LogP contribution in [0, 0.1) is 5.82 Å². The summed E-state index contributed by atoms with van der Waals surface area (Å²) in [5.41, 5.74) is 12.6. The highest BCUT2D eigenvalue weighted by molar-refractivity contribution is 6.31. The highest BCUT2D eigenvalue weighted by atomic mass is 35.5. The van der Waals surface area contributed by atoms with Crippen molar-refractivity contribution in [3.8, 4) is 5.75 Å². The lowest BCUT2D eigenvalue weighted by Crippen LogP contribution is -2.15. The van der Waals surface area contributed by atoms with E-state index in [1.807, 2.05) is 30.3 Å². The Labute approximate surface area is 147 Å². The van der Waals surface area contributed by atoms with Crippen LogP contribution in [0.3, 0.4) is 0 Å². The average molecular weight is 362 g/mol. The van der Waals surface area contributed by atoms with Crippen LogP contribution in [0.15, 0.2) is 52.1 Å². The van der Waals surface area contributed by atoms with Crippen LogP contribution >= 0.6 is 11.6 Å². The summed E-state index contributed by atoms with van der Waals surface area (Å²) in [5, 5.41) is 6.86. The zero-order valence-electron chi connectivity index (χ0n) is 12.8. The molecule has 0 fully saturated rings. The third kappa shape index (κ3) is 3.86. The van der Waals surface area contributed by atoms with Gasteiger partial charge in [0.05, 0.1) is 5.02 Å². The largest absolute Gasteiger partial charge is 0.487 e. The Kier molecular flexibility index (Phi) is 4.80. The molecule has 0 radical (unpaired) electrons. The van der Waals surface area contributed by atoms with Gasteiger partial charge in [-0.05, 0) is 21.9 Å². The van der Waals surface area contributed by atoms with Crippen molar-refractivity contribution >= 4 is 28.9 Å². The Morgan fingerprint density at radius 2 is 2.00 bits per heavy atom. The molecule has 9 heteroatoms. The predicted octanol–water partition coefficient (Wildman–Crippen LogP) is 3.06. The number of rotatable bonds is 5. The second-order valence-corrected chi connectivity index (χ2v) is 5.41. The van der Waals surface area contributed by atoms with Gasteiger partial charge < -0.3 is 16.2 Å². The van der Waals surface area contributed by atoms with Crippen LogP contribution in [0.2, 0.25) is 5.02 Å². The minimum atomic E-state index is -0.634. The summed E-state index contributed by atoms with van der Waals surface area (Å²) >= 11 is 5.83. The Morgan fingerprint density at radius 1 is 1.24 bits per heavy atom. The molecule has 0 aliphatic carbocycles. The van der Waals surface area contributed by atoms with E-state index in [-0.39, 0.29) is 40.4 Å². The van der Waals surface area contributed by atoms with Gasteiger partial charge in [-0.15, -0.1) is 0 Å². The summed E-state index contributed by atoms with van der Waals surface area (Å²) in [6.07, 6.45) is 0. The van der Waals surface area contributed by atoms with Gasteiger partial charge in [0.2, 0.25) is 0 Å². The van der Waals surface area contributed by atoms with Gasteiger partial charge in [0.25, 0.3) is 0 Å². The molecule has 1 aromatic heterocycles. The number of halogens is 2. The second-order valence-electron chi connectivity index (χ2n) is 5.00. The number of nitrogens with two attached hydrogens (primary N) is 2. The fraction of sp³-hybridized carbons (Fsp3) is 0.0625. The normalized spacial score (nSPS) is 11.5. The number of aromatic nitrogens is 2. The Hall–Kier alpha value is -3.13. The number of anilines is 1. The topological polar surface area (TPSA) is 113 Å². The Bertz CT molecular complexity index is 914. The Morgan fingerprint density at radius 3 is 2.68 bits per heavy atom. The molecule has 7 nitrogen and oxygen atoms in total. The van der Waals surface area contributed by atoms with Gasteiger partial charge in [-0.25, -0.2) is 14.0 Å². The highest BCUT2D eigenvalue weighted by Gasteiger charge is 2.14. The van der Waals surface area contributed by atoms with Crippen LogP contribution in [0.5, 0.6) is 5.75 Å². The van der Waals surface area contributed by atoms with Crippen molar-refractivity contribution in [2.24, 2.45) is 10.7 Å². The molecule has 3 rings (SSSR count). The first-order valence-electron chi connectivity index (χ1n) is 7.13. The zero-order chi connectivity index (χ0) is 17.8. The van der Waals surface area contributed by atoms with Crippen LogP contribution in [0.25, 0.3) is 0 Å². The molecule has 0 saturated carbocycles. The fourth-order valence-electron chi connectivity index (χ4n) is 2.01. The van der Waals surface area contributed by atoms with Crippen molar-refractivity contribution < 1.29 is 13.8 Å². The number of aliphatic imine (C=N–C) groups is 1. The van der Waals surface area contributed by atoms with Crippen LogP contribution in [0.1, 0.15) is 11.3 Å².